The topological polar surface area (TPSA) is 42.4 Å². The number of hydrogen-bond acceptors (Lipinski definition) is 4. The van der Waals surface area contributed by atoms with Crippen LogP contribution in [0.4, 0.5) is 0 Å². The molecule has 112 valence electrons. The number of carbonyl (C=O) groups excluding carboxylic acids is 1. The predicted octanol–water partition coefficient (Wildman–Crippen LogP) is 3.65. The molecule has 0 N–H and O–H groups in total. The van der Waals surface area contributed by atoms with Crippen molar-refractivity contribution in [2.75, 3.05) is 20.2 Å². The molecule has 0 bridgehead atoms. The van der Waals surface area contributed by atoms with Gasteiger partial charge >= 0.3 is 0 Å². The maximum atomic E-state index is 12.1. The lowest BCUT2D eigenvalue weighted by atomic mass is 10.3. The van der Waals surface area contributed by atoms with Crippen molar-refractivity contribution in [1.82, 2.24) is 9.88 Å². The number of thiazole rings is 1. The summed E-state index contributed by atoms with van der Waals surface area (Å²) >= 11 is 7.29. The van der Waals surface area contributed by atoms with Gasteiger partial charge in [0.2, 0.25) is 0 Å². The predicted molar refractivity (Wildman–Crippen MR) is 85.4 cm³/mol. The normalized spacial score (nSPS) is 10.4. The number of rotatable bonds is 6. The maximum absolute atomic E-state index is 12.1. The fourth-order valence-corrected chi connectivity index (χ4v) is 2.49. The molecule has 2 rings (SSSR count). The SMILES string of the molecule is Cc1nc(C(=O)N(C)CCCOc2ccc(Cl)cc2)cs1. The third-order valence-corrected chi connectivity index (χ3v) is 3.93. The molecule has 0 aliphatic heterocycles. The number of halogens is 1. The first kappa shape index (κ1) is 15.8. The second-order valence-electron chi connectivity index (χ2n) is 4.63. The fraction of sp³-hybridized carbons (Fsp3) is 0.333. The molecule has 0 saturated carbocycles. The number of hydrogen-bond donors (Lipinski definition) is 0. The summed E-state index contributed by atoms with van der Waals surface area (Å²) in [5.41, 5.74) is 0.513. The van der Waals surface area contributed by atoms with E-state index in [0.717, 1.165) is 17.2 Å². The summed E-state index contributed by atoms with van der Waals surface area (Å²) in [6.07, 6.45) is 0.758. The fourth-order valence-electron chi connectivity index (χ4n) is 1.78. The Morgan fingerprint density at radius 1 is 1.38 bits per heavy atom. The van der Waals surface area contributed by atoms with Crippen molar-refractivity contribution >= 4 is 28.8 Å². The van der Waals surface area contributed by atoms with Gasteiger partial charge in [-0.25, -0.2) is 4.98 Å². The number of benzene rings is 1. The second kappa shape index (κ2) is 7.43. The molecule has 0 atom stereocenters. The van der Waals surface area contributed by atoms with Crippen molar-refractivity contribution < 1.29 is 9.53 Å². The number of amides is 1. The van der Waals surface area contributed by atoms with E-state index in [-0.39, 0.29) is 5.91 Å². The zero-order valence-corrected chi connectivity index (χ0v) is 13.6. The van der Waals surface area contributed by atoms with Gasteiger partial charge < -0.3 is 9.64 Å². The molecule has 1 aromatic carbocycles. The minimum absolute atomic E-state index is 0.0501. The van der Waals surface area contributed by atoms with E-state index in [2.05, 4.69) is 4.98 Å². The molecule has 0 radical (unpaired) electrons. The summed E-state index contributed by atoms with van der Waals surface area (Å²) in [6.45, 7) is 3.07. The van der Waals surface area contributed by atoms with Crippen LogP contribution < -0.4 is 4.74 Å². The zero-order chi connectivity index (χ0) is 15.2. The van der Waals surface area contributed by atoms with Crippen LogP contribution >= 0.6 is 22.9 Å². The summed E-state index contributed by atoms with van der Waals surface area (Å²) in [7, 11) is 1.78. The molecule has 0 fully saturated rings. The summed E-state index contributed by atoms with van der Waals surface area (Å²) in [5, 5.41) is 3.38. The van der Waals surface area contributed by atoms with Gasteiger partial charge in [-0.15, -0.1) is 11.3 Å². The van der Waals surface area contributed by atoms with E-state index in [1.807, 2.05) is 19.1 Å². The van der Waals surface area contributed by atoms with Gasteiger partial charge in [0, 0.05) is 24.0 Å². The molecular formula is C15H17ClN2O2S. The van der Waals surface area contributed by atoms with Gasteiger partial charge in [-0.2, -0.15) is 0 Å². The average Bonchev–Trinajstić information content (AvgIpc) is 2.91. The van der Waals surface area contributed by atoms with Gasteiger partial charge in [-0.3, -0.25) is 4.79 Å². The van der Waals surface area contributed by atoms with Gasteiger partial charge in [-0.1, -0.05) is 11.6 Å². The van der Waals surface area contributed by atoms with E-state index < -0.39 is 0 Å². The largest absolute Gasteiger partial charge is 0.494 e. The van der Waals surface area contributed by atoms with Crippen molar-refractivity contribution in [3.63, 3.8) is 0 Å². The molecule has 0 spiro atoms. The van der Waals surface area contributed by atoms with Crippen LogP contribution in [-0.2, 0) is 0 Å². The van der Waals surface area contributed by atoms with E-state index in [1.165, 1.54) is 11.3 Å². The highest BCUT2D eigenvalue weighted by atomic mass is 35.5. The smallest absolute Gasteiger partial charge is 0.273 e. The molecule has 0 saturated heterocycles. The van der Waals surface area contributed by atoms with Crippen LogP contribution in [0.25, 0.3) is 0 Å². The van der Waals surface area contributed by atoms with Crippen LogP contribution in [0, 0.1) is 6.92 Å². The van der Waals surface area contributed by atoms with Crippen molar-refractivity contribution in [1.29, 1.82) is 0 Å². The Kier molecular flexibility index (Phi) is 5.59. The van der Waals surface area contributed by atoms with Crippen molar-refractivity contribution in [3.8, 4) is 5.75 Å². The third-order valence-electron chi connectivity index (χ3n) is 2.91. The number of aryl methyl sites for hydroxylation is 1. The van der Waals surface area contributed by atoms with Crippen LogP contribution in [0.15, 0.2) is 29.6 Å². The summed E-state index contributed by atoms with van der Waals surface area (Å²) in [5.74, 6) is 0.731. The van der Waals surface area contributed by atoms with Crippen LogP contribution in [0.1, 0.15) is 21.9 Å². The lowest BCUT2D eigenvalue weighted by Crippen LogP contribution is -2.28. The minimum atomic E-state index is -0.0501. The first-order chi connectivity index (χ1) is 10.1. The summed E-state index contributed by atoms with van der Waals surface area (Å²) in [4.78, 5) is 17.9. The lowest BCUT2D eigenvalue weighted by Gasteiger charge is -2.16. The van der Waals surface area contributed by atoms with Crippen molar-refractivity contribution in [3.05, 3.63) is 45.4 Å². The van der Waals surface area contributed by atoms with Gasteiger partial charge in [0.25, 0.3) is 5.91 Å². The highest BCUT2D eigenvalue weighted by Gasteiger charge is 2.14. The molecule has 1 heterocycles. The Labute approximate surface area is 133 Å². The Morgan fingerprint density at radius 3 is 2.71 bits per heavy atom. The Morgan fingerprint density at radius 2 is 2.10 bits per heavy atom. The van der Waals surface area contributed by atoms with E-state index in [4.69, 9.17) is 16.3 Å². The molecule has 0 aliphatic carbocycles. The first-order valence-electron chi connectivity index (χ1n) is 6.62. The molecule has 0 aliphatic rings. The molecule has 21 heavy (non-hydrogen) atoms. The molecular weight excluding hydrogens is 308 g/mol. The quantitative estimate of drug-likeness (QED) is 0.762. The summed E-state index contributed by atoms with van der Waals surface area (Å²) in [6, 6.07) is 7.23. The molecule has 6 heteroatoms. The highest BCUT2D eigenvalue weighted by molar-refractivity contribution is 7.09. The number of carbonyl (C=O) groups is 1. The third kappa shape index (κ3) is 4.72. The van der Waals surface area contributed by atoms with Gasteiger partial charge in [0.1, 0.15) is 11.4 Å². The molecule has 0 unspecified atom stereocenters. The average molecular weight is 325 g/mol. The maximum Gasteiger partial charge on any atom is 0.273 e. The highest BCUT2D eigenvalue weighted by Crippen LogP contribution is 2.15. The molecule has 2 aromatic rings. The van der Waals surface area contributed by atoms with Gasteiger partial charge in [-0.05, 0) is 37.6 Å². The van der Waals surface area contributed by atoms with E-state index in [1.54, 1.807) is 29.5 Å². The van der Waals surface area contributed by atoms with Crippen molar-refractivity contribution in [2.45, 2.75) is 13.3 Å². The first-order valence-corrected chi connectivity index (χ1v) is 7.88. The lowest BCUT2D eigenvalue weighted by molar-refractivity contribution is 0.0782. The molecule has 4 nitrogen and oxygen atoms in total. The van der Waals surface area contributed by atoms with E-state index in [9.17, 15) is 4.79 Å². The van der Waals surface area contributed by atoms with Crippen molar-refractivity contribution in [2.24, 2.45) is 0 Å². The van der Waals surface area contributed by atoms with Gasteiger partial charge in [0.05, 0.1) is 11.6 Å². The van der Waals surface area contributed by atoms with Crippen LogP contribution in [0.5, 0.6) is 5.75 Å². The second-order valence-corrected chi connectivity index (χ2v) is 6.13. The Balaban J connectivity index is 1.73. The zero-order valence-electron chi connectivity index (χ0n) is 12.0. The minimum Gasteiger partial charge on any atom is -0.494 e. The van der Waals surface area contributed by atoms with Crippen LogP contribution in [0.2, 0.25) is 5.02 Å². The van der Waals surface area contributed by atoms with Crippen LogP contribution in [0.3, 0.4) is 0 Å². The van der Waals surface area contributed by atoms with E-state index >= 15 is 0 Å². The number of nitrogens with zero attached hydrogens (tertiary/aromatic N) is 2. The standard InChI is InChI=1S/C15H17ClN2O2S/c1-11-17-14(10-21-11)15(19)18(2)8-3-9-20-13-6-4-12(16)5-7-13/h4-7,10H,3,8-9H2,1-2H3. The Hall–Kier alpha value is -1.59. The van der Waals surface area contributed by atoms with Crippen LogP contribution in [-0.4, -0.2) is 36.0 Å². The van der Waals surface area contributed by atoms with Gasteiger partial charge in [0.15, 0.2) is 0 Å². The van der Waals surface area contributed by atoms with E-state index in [0.29, 0.717) is 23.9 Å². The molecule has 1 aromatic heterocycles. The molecule has 1 amide bonds. The monoisotopic (exact) mass is 324 g/mol. The summed E-state index contributed by atoms with van der Waals surface area (Å²) < 4.78 is 5.59. The Bertz CT molecular complexity index is 598. The number of ether oxygens (including phenoxy) is 1. The number of aromatic nitrogens is 1.